The highest BCUT2D eigenvalue weighted by molar-refractivity contribution is 5.92. The molecule has 0 spiro atoms. The van der Waals surface area contributed by atoms with Gasteiger partial charge in [0.05, 0.1) is 19.3 Å². The van der Waals surface area contributed by atoms with Crippen molar-refractivity contribution in [3.05, 3.63) is 11.9 Å². The summed E-state index contributed by atoms with van der Waals surface area (Å²) in [4.78, 5) is 13.8. The predicted octanol–water partition coefficient (Wildman–Crippen LogP) is -1.17. The zero-order valence-electron chi connectivity index (χ0n) is 9.62. The number of amides is 1. The molecule has 1 fully saturated rings. The summed E-state index contributed by atoms with van der Waals surface area (Å²) in [7, 11) is 0. The van der Waals surface area contributed by atoms with Gasteiger partial charge in [-0.3, -0.25) is 9.48 Å². The van der Waals surface area contributed by atoms with Crippen LogP contribution >= 0.6 is 0 Å². The van der Waals surface area contributed by atoms with Crippen molar-refractivity contribution >= 4 is 5.91 Å². The zero-order valence-corrected chi connectivity index (χ0v) is 9.62. The summed E-state index contributed by atoms with van der Waals surface area (Å²) >= 11 is 0. The molecule has 0 saturated heterocycles. The lowest BCUT2D eigenvalue weighted by atomic mass is 10.3. The van der Waals surface area contributed by atoms with E-state index in [0.29, 0.717) is 25.3 Å². The molecule has 0 radical (unpaired) electrons. The first kappa shape index (κ1) is 12.0. The summed E-state index contributed by atoms with van der Waals surface area (Å²) in [6.07, 6.45) is 3.60. The number of aromatic nitrogens is 3. The van der Waals surface area contributed by atoms with E-state index in [1.54, 1.807) is 15.8 Å². The second kappa shape index (κ2) is 5.24. The van der Waals surface area contributed by atoms with E-state index in [9.17, 15) is 4.79 Å². The summed E-state index contributed by atoms with van der Waals surface area (Å²) in [5.74, 6) is -0.162. The Morgan fingerprint density at radius 1 is 1.65 bits per heavy atom. The molecule has 1 amide bonds. The van der Waals surface area contributed by atoms with Crippen LogP contribution in [0.25, 0.3) is 0 Å². The van der Waals surface area contributed by atoms with Gasteiger partial charge in [0, 0.05) is 19.1 Å². The van der Waals surface area contributed by atoms with Gasteiger partial charge in [-0.05, 0) is 12.8 Å². The minimum Gasteiger partial charge on any atom is -0.395 e. The van der Waals surface area contributed by atoms with Gasteiger partial charge in [-0.1, -0.05) is 5.21 Å². The number of nitrogens with zero attached hydrogens (tertiary/aromatic N) is 4. The van der Waals surface area contributed by atoms with Crippen molar-refractivity contribution in [3.63, 3.8) is 0 Å². The van der Waals surface area contributed by atoms with Gasteiger partial charge in [-0.25, -0.2) is 0 Å². The fourth-order valence-electron chi connectivity index (χ4n) is 1.73. The van der Waals surface area contributed by atoms with Crippen molar-refractivity contribution in [1.82, 2.24) is 19.9 Å². The molecule has 1 aromatic rings. The molecule has 1 heterocycles. The van der Waals surface area contributed by atoms with Crippen LogP contribution in [0.2, 0.25) is 0 Å². The van der Waals surface area contributed by atoms with Crippen LogP contribution in [0.15, 0.2) is 6.20 Å². The summed E-state index contributed by atoms with van der Waals surface area (Å²) < 4.78 is 1.55. The standard InChI is InChI=1S/C10H17N5O2/c11-3-4-14-7-9(12-13-14)10(17)15(5-6-16)8-1-2-8/h7-8,16H,1-6,11H2. The number of carbonyl (C=O) groups is 1. The molecule has 1 aromatic heterocycles. The smallest absolute Gasteiger partial charge is 0.276 e. The Bertz CT molecular complexity index is 388. The molecular weight excluding hydrogens is 222 g/mol. The molecule has 1 saturated carbocycles. The Hall–Kier alpha value is -1.47. The van der Waals surface area contributed by atoms with Gasteiger partial charge < -0.3 is 15.7 Å². The first-order chi connectivity index (χ1) is 8.26. The molecule has 1 aliphatic carbocycles. The second-order valence-corrected chi connectivity index (χ2v) is 4.11. The van der Waals surface area contributed by atoms with Crippen molar-refractivity contribution in [1.29, 1.82) is 0 Å². The highest BCUT2D eigenvalue weighted by atomic mass is 16.3. The Morgan fingerprint density at radius 2 is 2.41 bits per heavy atom. The molecule has 7 heteroatoms. The number of carbonyl (C=O) groups excluding carboxylic acids is 1. The lowest BCUT2D eigenvalue weighted by Crippen LogP contribution is -2.35. The maximum Gasteiger partial charge on any atom is 0.276 e. The summed E-state index contributed by atoms with van der Waals surface area (Å²) in [5.41, 5.74) is 5.71. The predicted molar refractivity (Wildman–Crippen MR) is 60.2 cm³/mol. The molecular formula is C10H17N5O2. The van der Waals surface area contributed by atoms with Gasteiger partial charge in [-0.15, -0.1) is 5.10 Å². The number of hydrogen-bond donors (Lipinski definition) is 2. The van der Waals surface area contributed by atoms with E-state index in [0.717, 1.165) is 12.8 Å². The Labute approximate surface area is 99.2 Å². The van der Waals surface area contributed by atoms with E-state index < -0.39 is 0 Å². The lowest BCUT2D eigenvalue weighted by molar-refractivity contribution is 0.0701. The molecule has 7 nitrogen and oxygen atoms in total. The average molecular weight is 239 g/mol. The molecule has 0 aliphatic heterocycles. The quantitative estimate of drug-likeness (QED) is 0.652. The van der Waals surface area contributed by atoms with Crippen LogP contribution in [0.3, 0.4) is 0 Å². The van der Waals surface area contributed by atoms with Gasteiger partial charge in [0.25, 0.3) is 5.91 Å². The third-order valence-electron chi connectivity index (χ3n) is 2.71. The van der Waals surface area contributed by atoms with Crippen LogP contribution in [-0.4, -0.2) is 56.6 Å². The summed E-state index contributed by atoms with van der Waals surface area (Å²) in [6.45, 7) is 1.33. The van der Waals surface area contributed by atoms with Crippen LogP contribution in [0, 0.1) is 0 Å². The van der Waals surface area contributed by atoms with Crippen molar-refractivity contribution in [2.45, 2.75) is 25.4 Å². The Balaban J connectivity index is 2.05. The van der Waals surface area contributed by atoms with Gasteiger partial charge in [-0.2, -0.15) is 0 Å². The molecule has 94 valence electrons. The highest BCUT2D eigenvalue weighted by Gasteiger charge is 2.33. The highest BCUT2D eigenvalue weighted by Crippen LogP contribution is 2.27. The van der Waals surface area contributed by atoms with Crippen molar-refractivity contribution < 1.29 is 9.90 Å². The van der Waals surface area contributed by atoms with Crippen molar-refractivity contribution in [2.24, 2.45) is 5.73 Å². The molecule has 1 aliphatic rings. The maximum absolute atomic E-state index is 12.1. The lowest BCUT2D eigenvalue weighted by Gasteiger charge is -2.19. The van der Waals surface area contributed by atoms with Crippen molar-refractivity contribution in [2.75, 3.05) is 19.7 Å². The molecule has 0 unspecified atom stereocenters. The van der Waals surface area contributed by atoms with Gasteiger partial charge in [0.1, 0.15) is 0 Å². The average Bonchev–Trinajstić information content (AvgIpc) is 3.06. The molecule has 0 aromatic carbocycles. The topological polar surface area (TPSA) is 97.3 Å². The number of hydrogen-bond acceptors (Lipinski definition) is 5. The first-order valence-corrected chi connectivity index (χ1v) is 5.78. The van der Waals surface area contributed by atoms with E-state index in [4.69, 9.17) is 10.8 Å². The normalized spacial score (nSPS) is 14.9. The van der Waals surface area contributed by atoms with Crippen LogP contribution < -0.4 is 5.73 Å². The summed E-state index contributed by atoms with van der Waals surface area (Å²) in [5, 5.41) is 16.6. The maximum atomic E-state index is 12.1. The molecule has 2 rings (SSSR count). The van der Waals surface area contributed by atoms with Crippen molar-refractivity contribution in [3.8, 4) is 0 Å². The van der Waals surface area contributed by atoms with Crippen LogP contribution in [0.5, 0.6) is 0 Å². The largest absolute Gasteiger partial charge is 0.395 e. The van der Waals surface area contributed by atoms with E-state index in [1.807, 2.05) is 0 Å². The molecule has 0 bridgehead atoms. The fourth-order valence-corrected chi connectivity index (χ4v) is 1.73. The molecule has 17 heavy (non-hydrogen) atoms. The van der Waals surface area contributed by atoms with E-state index in [1.165, 1.54) is 0 Å². The zero-order chi connectivity index (χ0) is 12.3. The number of aliphatic hydroxyl groups is 1. The van der Waals surface area contributed by atoms with Gasteiger partial charge >= 0.3 is 0 Å². The Morgan fingerprint density at radius 3 is 3.00 bits per heavy atom. The third-order valence-corrected chi connectivity index (χ3v) is 2.71. The molecule has 0 atom stereocenters. The van der Waals surface area contributed by atoms with E-state index >= 15 is 0 Å². The number of aliphatic hydroxyl groups excluding tert-OH is 1. The van der Waals surface area contributed by atoms with Crippen LogP contribution in [-0.2, 0) is 6.54 Å². The second-order valence-electron chi connectivity index (χ2n) is 4.11. The minimum absolute atomic E-state index is 0.0286. The fraction of sp³-hybridized carbons (Fsp3) is 0.700. The third kappa shape index (κ3) is 2.80. The number of rotatable bonds is 6. The van der Waals surface area contributed by atoms with Gasteiger partial charge in [0.2, 0.25) is 0 Å². The van der Waals surface area contributed by atoms with Crippen LogP contribution in [0.4, 0.5) is 0 Å². The monoisotopic (exact) mass is 239 g/mol. The molecule has 3 N–H and O–H groups in total. The SMILES string of the molecule is NCCn1cc(C(=O)N(CCO)C2CC2)nn1. The Kier molecular flexibility index (Phi) is 3.70. The van der Waals surface area contributed by atoms with E-state index in [-0.39, 0.29) is 18.6 Å². The minimum atomic E-state index is -0.162. The van der Waals surface area contributed by atoms with Gasteiger partial charge in [0.15, 0.2) is 5.69 Å². The van der Waals surface area contributed by atoms with Crippen LogP contribution in [0.1, 0.15) is 23.3 Å². The first-order valence-electron chi connectivity index (χ1n) is 5.78. The van der Waals surface area contributed by atoms with E-state index in [2.05, 4.69) is 10.3 Å². The summed E-state index contributed by atoms with van der Waals surface area (Å²) in [6, 6.07) is 0.259. The number of nitrogens with two attached hydrogens (primary N) is 1.